The van der Waals surface area contributed by atoms with Crippen LogP contribution in [0, 0.1) is 13.8 Å². The van der Waals surface area contributed by atoms with Gasteiger partial charge in [-0.2, -0.15) is 4.98 Å². The molecular weight excluding hydrogens is 324 g/mol. The molecule has 0 saturated carbocycles. The molecule has 1 aromatic carbocycles. The van der Waals surface area contributed by atoms with Gasteiger partial charge in [-0.05, 0) is 43.9 Å². The van der Waals surface area contributed by atoms with Gasteiger partial charge in [0.1, 0.15) is 5.82 Å². The van der Waals surface area contributed by atoms with E-state index in [1.54, 1.807) is 0 Å². The lowest BCUT2D eigenvalue weighted by molar-refractivity contribution is 0.0988. The van der Waals surface area contributed by atoms with Crippen LogP contribution in [0.5, 0.6) is 0 Å². The fourth-order valence-electron chi connectivity index (χ4n) is 3.80. The van der Waals surface area contributed by atoms with Crippen LogP contribution in [0.4, 0.5) is 11.8 Å². The van der Waals surface area contributed by atoms with Crippen molar-refractivity contribution in [3.05, 3.63) is 46.6 Å². The number of carbonyl (C=O) groups is 1. The fourth-order valence-corrected chi connectivity index (χ4v) is 3.80. The first kappa shape index (κ1) is 18.4. The molecule has 2 aromatic rings. The molecule has 138 valence electrons. The number of ketones is 1. The SMILES string of the molecule is CCC(=O)c1ccc(C)c(C2CCCCCN2c2cc(C)nc(N)n2)c1. The van der Waals surface area contributed by atoms with E-state index < -0.39 is 0 Å². The van der Waals surface area contributed by atoms with Gasteiger partial charge in [-0.15, -0.1) is 0 Å². The highest BCUT2D eigenvalue weighted by atomic mass is 16.1. The second kappa shape index (κ2) is 7.85. The maximum absolute atomic E-state index is 12.2. The highest BCUT2D eigenvalue weighted by molar-refractivity contribution is 5.96. The first-order valence-corrected chi connectivity index (χ1v) is 9.51. The van der Waals surface area contributed by atoms with E-state index in [9.17, 15) is 4.79 Å². The predicted octanol–water partition coefficient (Wildman–Crippen LogP) is 4.39. The number of hydrogen-bond acceptors (Lipinski definition) is 5. The standard InChI is InChI=1S/C21H28N4O/c1-4-19(26)16-10-9-14(2)17(13-16)18-8-6-5-7-11-25(18)20-12-15(3)23-21(22)24-20/h9-10,12-13,18H,4-8,11H2,1-3H3,(H2,22,23,24). The number of aromatic nitrogens is 2. The lowest BCUT2D eigenvalue weighted by Crippen LogP contribution is -2.30. The third-order valence-corrected chi connectivity index (χ3v) is 5.19. The van der Waals surface area contributed by atoms with Gasteiger partial charge in [0.2, 0.25) is 5.95 Å². The van der Waals surface area contributed by atoms with Crippen LogP contribution in [0.15, 0.2) is 24.3 Å². The zero-order valence-corrected chi connectivity index (χ0v) is 16.0. The van der Waals surface area contributed by atoms with Gasteiger partial charge in [-0.1, -0.05) is 31.9 Å². The van der Waals surface area contributed by atoms with E-state index in [4.69, 9.17) is 5.73 Å². The van der Waals surface area contributed by atoms with Crippen molar-refractivity contribution in [3.63, 3.8) is 0 Å². The predicted molar refractivity (Wildman–Crippen MR) is 106 cm³/mol. The molecule has 1 saturated heterocycles. The summed E-state index contributed by atoms with van der Waals surface area (Å²) in [6, 6.07) is 8.31. The molecule has 0 radical (unpaired) electrons. The maximum atomic E-state index is 12.2. The molecule has 0 bridgehead atoms. The van der Waals surface area contributed by atoms with E-state index in [-0.39, 0.29) is 11.8 Å². The van der Waals surface area contributed by atoms with Crippen LogP contribution in [0.3, 0.4) is 0 Å². The Balaban J connectivity index is 2.06. The summed E-state index contributed by atoms with van der Waals surface area (Å²) in [4.78, 5) is 23.3. The zero-order chi connectivity index (χ0) is 18.7. The average Bonchev–Trinajstić information content (AvgIpc) is 2.86. The number of hydrogen-bond donors (Lipinski definition) is 1. The lowest BCUT2D eigenvalue weighted by atomic mass is 9.93. The highest BCUT2D eigenvalue weighted by Gasteiger charge is 2.26. The Morgan fingerprint density at radius 1 is 1.19 bits per heavy atom. The molecule has 1 aliphatic rings. The molecule has 1 fully saturated rings. The van der Waals surface area contributed by atoms with Gasteiger partial charge in [0.25, 0.3) is 0 Å². The third-order valence-electron chi connectivity index (χ3n) is 5.19. The van der Waals surface area contributed by atoms with Gasteiger partial charge in [0.15, 0.2) is 5.78 Å². The number of benzene rings is 1. The fraction of sp³-hybridized carbons (Fsp3) is 0.476. The highest BCUT2D eigenvalue weighted by Crippen LogP contribution is 2.35. The zero-order valence-electron chi connectivity index (χ0n) is 16.0. The molecule has 3 rings (SSSR count). The number of anilines is 2. The van der Waals surface area contributed by atoms with E-state index in [0.29, 0.717) is 12.4 Å². The van der Waals surface area contributed by atoms with Crippen molar-refractivity contribution in [2.45, 2.75) is 58.9 Å². The van der Waals surface area contributed by atoms with Crippen molar-refractivity contribution >= 4 is 17.5 Å². The number of aryl methyl sites for hydroxylation is 2. The van der Waals surface area contributed by atoms with Crippen LogP contribution in [0.2, 0.25) is 0 Å². The van der Waals surface area contributed by atoms with E-state index in [1.807, 2.05) is 26.0 Å². The number of Topliss-reactive ketones (excluding diaryl/α,β-unsaturated/α-hetero) is 1. The summed E-state index contributed by atoms with van der Waals surface area (Å²) in [5.74, 6) is 1.39. The molecule has 0 aliphatic carbocycles. The number of nitrogens with two attached hydrogens (primary N) is 1. The second-order valence-corrected chi connectivity index (χ2v) is 7.13. The second-order valence-electron chi connectivity index (χ2n) is 7.13. The normalized spacial score (nSPS) is 17.8. The van der Waals surface area contributed by atoms with Crippen molar-refractivity contribution in [1.82, 2.24) is 9.97 Å². The molecule has 0 amide bonds. The monoisotopic (exact) mass is 352 g/mol. The maximum Gasteiger partial charge on any atom is 0.222 e. The Kier molecular flexibility index (Phi) is 5.55. The molecular formula is C21H28N4O. The van der Waals surface area contributed by atoms with Crippen LogP contribution in [-0.4, -0.2) is 22.3 Å². The Labute approximate surface area is 155 Å². The molecule has 1 aromatic heterocycles. The Morgan fingerprint density at radius 3 is 2.73 bits per heavy atom. The van der Waals surface area contributed by atoms with Crippen LogP contribution in [-0.2, 0) is 0 Å². The van der Waals surface area contributed by atoms with Crippen LogP contribution in [0.1, 0.15) is 72.2 Å². The minimum Gasteiger partial charge on any atom is -0.368 e. The molecule has 2 heterocycles. The smallest absolute Gasteiger partial charge is 0.222 e. The number of rotatable bonds is 4. The van der Waals surface area contributed by atoms with Crippen molar-refractivity contribution in [2.24, 2.45) is 0 Å². The van der Waals surface area contributed by atoms with Gasteiger partial charge in [0, 0.05) is 30.3 Å². The summed E-state index contributed by atoms with van der Waals surface area (Å²) in [5, 5.41) is 0. The average molecular weight is 352 g/mol. The third kappa shape index (κ3) is 3.87. The van der Waals surface area contributed by atoms with Crippen molar-refractivity contribution < 1.29 is 4.79 Å². The van der Waals surface area contributed by atoms with Gasteiger partial charge in [-0.3, -0.25) is 4.79 Å². The Bertz CT molecular complexity index is 782. The number of carbonyl (C=O) groups excluding carboxylic acids is 1. The quantitative estimate of drug-likeness (QED) is 0.826. The van der Waals surface area contributed by atoms with Gasteiger partial charge in [-0.25, -0.2) is 4.98 Å². The van der Waals surface area contributed by atoms with Crippen molar-refractivity contribution in [3.8, 4) is 0 Å². The Hall–Kier alpha value is -2.43. The minimum atomic E-state index is 0.188. The summed E-state index contributed by atoms with van der Waals surface area (Å²) in [5.41, 5.74) is 10.0. The molecule has 0 spiro atoms. The van der Waals surface area contributed by atoms with Crippen LogP contribution in [0.25, 0.3) is 0 Å². The molecule has 1 unspecified atom stereocenters. The first-order valence-electron chi connectivity index (χ1n) is 9.51. The Morgan fingerprint density at radius 2 is 2.00 bits per heavy atom. The number of nitrogens with zero attached hydrogens (tertiary/aromatic N) is 3. The van der Waals surface area contributed by atoms with Crippen molar-refractivity contribution in [1.29, 1.82) is 0 Å². The van der Waals surface area contributed by atoms with Gasteiger partial charge < -0.3 is 10.6 Å². The largest absolute Gasteiger partial charge is 0.368 e. The van der Waals surface area contributed by atoms with Crippen LogP contribution < -0.4 is 10.6 Å². The summed E-state index contributed by atoms with van der Waals surface area (Å²) in [7, 11) is 0. The summed E-state index contributed by atoms with van der Waals surface area (Å²) < 4.78 is 0. The van der Waals surface area contributed by atoms with Gasteiger partial charge >= 0.3 is 0 Å². The molecule has 5 nitrogen and oxygen atoms in total. The lowest BCUT2D eigenvalue weighted by Gasteiger charge is -2.33. The van der Waals surface area contributed by atoms with Crippen molar-refractivity contribution in [2.75, 3.05) is 17.2 Å². The topological polar surface area (TPSA) is 72.1 Å². The summed E-state index contributed by atoms with van der Waals surface area (Å²) >= 11 is 0. The molecule has 2 N–H and O–H groups in total. The molecule has 1 aliphatic heterocycles. The van der Waals surface area contributed by atoms with E-state index in [0.717, 1.165) is 36.5 Å². The summed E-state index contributed by atoms with van der Waals surface area (Å²) in [6.45, 7) is 6.91. The molecule has 5 heteroatoms. The van der Waals surface area contributed by atoms with Crippen LogP contribution >= 0.6 is 0 Å². The molecule has 26 heavy (non-hydrogen) atoms. The summed E-state index contributed by atoms with van der Waals surface area (Å²) in [6.07, 6.45) is 5.09. The first-order chi connectivity index (χ1) is 12.5. The van der Waals surface area contributed by atoms with E-state index in [2.05, 4.69) is 33.9 Å². The molecule has 1 atom stereocenters. The minimum absolute atomic E-state index is 0.188. The van der Waals surface area contributed by atoms with Gasteiger partial charge in [0.05, 0.1) is 6.04 Å². The number of nitrogen functional groups attached to an aromatic ring is 1. The van der Waals surface area contributed by atoms with E-state index in [1.165, 1.54) is 24.0 Å². The van der Waals surface area contributed by atoms with E-state index >= 15 is 0 Å².